The maximum absolute atomic E-state index is 12.7. The van der Waals surface area contributed by atoms with E-state index in [-0.39, 0.29) is 16.1 Å². The summed E-state index contributed by atoms with van der Waals surface area (Å²) in [5.41, 5.74) is 0.427. The minimum absolute atomic E-state index is 0.101. The molecule has 154 valence electrons. The van der Waals surface area contributed by atoms with Crippen molar-refractivity contribution < 1.29 is 27.5 Å². The van der Waals surface area contributed by atoms with Crippen molar-refractivity contribution in [1.29, 1.82) is 0 Å². The molecular formula is C19H21N3O6S. The summed E-state index contributed by atoms with van der Waals surface area (Å²) in [5.74, 6) is -1.36. The first kappa shape index (κ1) is 20.7. The smallest absolute Gasteiger partial charge is 0.339 e. The number of aromatic nitrogens is 1. The van der Waals surface area contributed by atoms with Gasteiger partial charge in [0.25, 0.3) is 5.91 Å². The number of carbonyl (C=O) groups is 2. The number of benzene rings is 1. The molecule has 0 aliphatic carbocycles. The molecule has 10 heteroatoms. The molecule has 1 aliphatic rings. The highest BCUT2D eigenvalue weighted by Crippen LogP contribution is 2.22. The first-order valence-electron chi connectivity index (χ1n) is 9.12. The fourth-order valence-electron chi connectivity index (χ4n) is 2.95. The standard InChI is InChI=1S/C19H21N3O6S/c23-18(14-28-19(24)15-7-11-21(25)12-8-15)20-16-5-4-6-17(13-16)29(26,27)22-9-2-1-3-10-22/h4-8,11-13H,1-3,9-10,14H2,(H,20,23). The molecule has 3 rings (SSSR count). The average molecular weight is 419 g/mol. The molecule has 0 spiro atoms. The van der Waals surface area contributed by atoms with Gasteiger partial charge in [-0.15, -0.1) is 0 Å². The maximum Gasteiger partial charge on any atom is 0.339 e. The fraction of sp³-hybridized carbons (Fsp3) is 0.316. The Labute approximate surface area is 168 Å². The van der Waals surface area contributed by atoms with Crippen LogP contribution >= 0.6 is 0 Å². The molecule has 0 unspecified atom stereocenters. The van der Waals surface area contributed by atoms with E-state index < -0.39 is 28.5 Å². The van der Waals surface area contributed by atoms with E-state index >= 15 is 0 Å². The second kappa shape index (κ2) is 9.01. The van der Waals surface area contributed by atoms with Crippen molar-refractivity contribution in [2.75, 3.05) is 25.0 Å². The van der Waals surface area contributed by atoms with Crippen LogP contribution in [-0.2, 0) is 19.6 Å². The lowest BCUT2D eigenvalue weighted by Crippen LogP contribution is -2.35. The van der Waals surface area contributed by atoms with Crippen molar-refractivity contribution in [3.8, 4) is 0 Å². The highest BCUT2D eigenvalue weighted by atomic mass is 32.2. The lowest BCUT2D eigenvalue weighted by molar-refractivity contribution is -0.605. The molecule has 29 heavy (non-hydrogen) atoms. The van der Waals surface area contributed by atoms with Gasteiger partial charge in [-0.3, -0.25) is 4.79 Å². The number of hydrogen-bond acceptors (Lipinski definition) is 6. The summed E-state index contributed by atoms with van der Waals surface area (Å²) in [4.78, 5) is 24.0. The number of nitrogens with zero attached hydrogens (tertiary/aromatic N) is 2. The Bertz CT molecular complexity index is 985. The summed E-state index contributed by atoms with van der Waals surface area (Å²) in [7, 11) is -3.62. The molecule has 0 saturated carbocycles. The van der Waals surface area contributed by atoms with Crippen LogP contribution in [0.1, 0.15) is 29.6 Å². The summed E-state index contributed by atoms with van der Waals surface area (Å²) >= 11 is 0. The number of esters is 1. The lowest BCUT2D eigenvalue weighted by Gasteiger charge is -2.26. The summed E-state index contributed by atoms with van der Waals surface area (Å²) in [6.45, 7) is 0.426. The van der Waals surface area contributed by atoms with Crippen LogP contribution in [0.4, 0.5) is 5.69 Å². The van der Waals surface area contributed by atoms with Crippen LogP contribution < -0.4 is 10.0 Å². The Hall–Kier alpha value is -2.98. The van der Waals surface area contributed by atoms with Crippen molar-refractivity contribution in [2.45, 2.75) is 24.2 Å². The molecule has 1 aromatic heterocycles. The van der Waals surface area contributed by atoms with E-state index in [9.17, 15) is 23.2 Å². The lowest BCUT2D eigenvalue weighted by atomic mass is 10.2. The summed E-state index contributed by atoms with van der Waals surface area (Å²) in [5, 5.41) is 13.5. The Morgan fingerprint density at radius 2 is 1.79 bits per heavy atom. The number of pyridine rings is 1. The fourth-order valence-corrected chi connectivity index (χ4v) is 4.51. The molecule has 2 heterocycles. The second-order valence-electron chi connectivity index (χ2n) is 6.56. The molecule has 2 aromatic rings. The van der Waals surface area contributed by atoms with Crippen LogP contribution in [0, 0.1) is 5.21 Å². The van der Waals surface area contributed by atoms with Gasteiger partial charge in [0.05, 0.1) is 10.5 Å². The zero-order valence-corrected chi connectivity index (χ0v) is 16.4. The zero-order valence-electron chi connectivity index (χ0n) is 15.6. The van der Waals surface area contributed by atoms with Crippen LogP contribution in [0.25, 0.3) is 0 Å². The van der Waals surface area contributed by atoms with Crippen LogP contribution in [0.3, 0.4) is 0 Å². The van der Waals surface area contributed by atoms with E-state index in [1.807, 2.05) is 0 Å². The zero-order chi connectivity index (χ0) is 20.9. The number of sulfonamides is 1. The minimum Gasteiger partial charge on any atom is -0.619 e. The molecule has 1 saturated heterocycles. The number of amides is 1. The van der Waals surface area contributed by atoms with Gasteiger partial charge in [-0.1, -0.05) is 12.5 Å². The van der Waals surface area contributed by atoms with Gasteiger partial charge < -0.3 is 15.3 Å². The number of carbonyl (C=O) groups excluding carboxylic acids is 2. The van der Waals surface area contributed by atoms with E-state index in [0.717, 1.165) is 31.7 Å². The third kappa shape index (κ3) is 5.30. The average Bonchev–Trinajstić information content (AvgIpc) is 2.73. The molecule has 9 nitrogen and oxygen atoms in total. The minimum atomic E-state index is -3.62. The SMILES string of the molecule is O=C(COC(=O)c1cc[n+]([O-])cc1)Nc1cccc(S(=O)(=O)N2CCCCC2)c1. The molecule has 1 fully saturated rings. The Morgan fingerprint density at radius 3 is 2.48 bits per heavy atom. The van der Waals surface area contributed by atoms with Gasteiger partial charge in [0.15, 0.2) is 19.0 Å². The summed E-state index contributed by atoms with van der Waals surface area (Å²) < 4.78 is 32.4. The van der Waals surface area contributed by atoms with Crippen LogP contribution in [-0.4, -0.2) is 44.3 Å². The Kier molecular flexibility index (Phi) is 6.45. The predicted molar refractivity (Wildman–Crippen MR) is 103 cm³/mol. The third-order valence-electron chi connectivity index (χ3n) is 4.44. The van der Waals surface area contributed by atoms with Gasteiger partial charge in [-0.25, -0.2) is 13.2 Å². The number of hydrogen-bond donors (Lipinski definition) is 1. The maximum atomic E-state index is 12.7. The molecular weight excluding hydrogens is 398 g/mol. The van der Waals surface area contributed by atoms with Gasteiger partial charge in [-0.05, 0) is 31.0 Å². The third-order valence-corrected chi connectivity index (χ3v) is 6.34. The van der Waals surface area contributed by atoms with E-state index in [2.05, 4.69) is 5.32 Å². The van der Waals surface area contributed by atoms with Crippen molar-refractivity contribution in [2.24, 2.45) is 0 Å². The quantitative estimate of drug-likeness (QED) is 0.428. The number of ether oxygens (including phenoxy) is 1. The van der Waals surface area contributed by atoms with E-state index in [4.69, 9.17) is 4.74 Å². The highest BCUT2D eigenvalue weighted by molar-refractivity contribution is 7.89. The van der Waals surface area contributed by atoms with Crippen molar-refractivity contribution in [1.82, 2.24) is 4.31 Å². The van der Waals surface area contributed by atoms with Crippen molar-refractivity contribution in [3.05, 3.63) is 59.6 Å². The van der Waals surface area contributed by atoms with E-state index in [1.165, 1.54) is 28.6 Å². The van der Waals surface area contributed by atoms with Crippen LogP contribution in [0.15, 0.2) is 53.7 Å². The number of piperidine rings is 1. The largest absolute Gasteiger partial charge is 0.619 e. The molecule has 0 atom stereocenters. The number of nitrogens with one attached hydrogen (secondary N) is 1. The molecule has 0 bridgehead atoms. The first-order chi connectivity index (χ1) is 13.9. The Morgan fingerprint density at radius 1 is 1.10 bits per heavy atom. The van der Waals surface area contributed by atoms with Crippen molar-refractivity contribution >= 4 is 27.6 Å². The van der Waals surface area contributed by atoms with E-state index in [0.29, 0.717) is 17.8 Å². The monoisotopic (exact) mass is 419 g/mol. The van der Waals surface area contributed by atoms with Gasteiger partial charge in [0.1, 0.15) is 0 Å². The second-order valence-corrected chi connectivity index (χ2v) is 8.50. The van der Waals surface area contributed by atoms with Crippen LogP contribution in [0.2, 0.25) is 0 Å². The van der Waals surface area contributed by atoms with Gasteiger partial charge in [0, 0.05) is 30.9 Å². The van der Waals surface area contributed by atoms with E-state index in [1.54, 1.807) is 12.1 Å². The van der Waals surface area contributed by atoms with Gasteiger partial charge in [-0.2, -0.15) is 9.04 Å². The first-order valence-corrected chi connectivity index (χ1v) is 10.6. The Balaban J connectivity index is 1.60. The topological polar surface area (TPSA) is 120 Å². The summed E-state index contributed by atoms with van der Waals surface area (Å²) in [6, 6.07) is 8.52. The number of rotatable bonds is 6. The highest BCUT2D eigenvalue weighted by Gasteiger charge is 2.26. The van der Waals surface area contributed by atoms with Gasteiger partial charge in [0.2, 0.25) is 10.0 Å². The molecule has 0 radical (unpaired) electrons. The predicted octanol–water partition coefficient (Wildman–Crippen LogP) is 1.29. The summed E-state index contributed by atoms with van der Waals surface area (Å²) in [6.07, 6.45) is 4.96. The molecule has 1 aromatic carbocycles. The number of anilines is 1. The van der Waals surface area contributed by atoms with Crippen LogP contribution in [0.5, 0.6) is 0 Å². The molecule has 1 amide bonds. The van der Waals surface area contributed by atoms with Crippen molar-refractivity contribution in [3.63, 3.8) is 0 Å². The molecule has 1 N–H and O–H groups in total. The molecule has 1 aliphatic heterocycles. The van der Waals surface area contributed by atoms with Gasteiger partial charge >= 0.3 is 5.97 Å². The normalized spacial score (nSPS) is 14.9.